The third-order valence-electron chi connectivity index (χ3n) is 4.04. The summed E-state index contributed by atoms with van der Waals surface area (Å²) in [4.78, 5) is 11.6. The molecule has 0 aliphatic heterocycles. The smallest absolute Gasteiger partial charge is 0.426 e. The van der Waals surface area contributed by atoms with Crippen LogP contribution in [0.2, 0.25) is 0 Å². The van der Waals surface area contributed by atoms with E-state index in [2.05, 4.69) is 4.74 Å². The molecule has 2 unspecified atom stereocenters. The molecule has 21 heavy (non-hydrogen) atoms. The van der Waals surface area contributed by atoms with Gasteiger partial charge in [-0.25, -0.2) is 0 Å². The van der Waals surface area contributed by atoms with Crippen LogP contribution in [-0.2, 0) is 9.53 Å². The van der Waals surface area contributed by atoms with Gasteiger partial charge < -0.3 is 9.84 Å². The zero-order valence-electron chi connectivity index (χ0n) is 11.6. The first-order valence-electron chi connectivity index (χ1n) is 6.22. The molecule has 0 aromatic rings. The van der Waals surface area contributed by atoms with Crippen molar-refractivity contribution in [2.75, 3.05) is 6.61 Å². The van der Waals surface area contributed by atoms with Crippen LogP contribution in [0, 0.1) is 17.3 Å². The second kappa shape index (κ2) is 5.03. The van der Waals surface area contributed by atoms with Crippen molar-refractivity contribution in [2.24, 2.45) is 17.3 Å². The lowest BCUT2D eigenvalue weighted by Gasteiger charge is -2.32. The fourth-order valence-electron chi connectivity index (χ4n) is 2.54. The predicted octanol–water partition coefficient (Wildman–Crippen LogP) is 3.07. The average Bonchev–Trinajstić information content (AvgIpc) is 2.77. The molecule has 0 amide bonds. The maximum absolute atomic E-state index is 12.6. The lowest BCUT2D eigenvalue weighted by molar-refractivity contribution is -0.371. The number of hydrogen-bond acceptors (Lipinski definition) is 3. The molecule has 9 heteroatoms. The van der Waals surface area contributed by atoms with Crippen molar-refractivity contribution in [3.05, 3.63) is 0 Å². The Kier molecular flexibility index (Phi) is 4.33. The first-order valence-corrected chi connectivity index (χ1v) is 6.22. The van der Waals surface area contributed by atoms with Crippen molar-refractivity contribution in [3.8, 4) is 0 Å². The van der Waals surface area contributed by atoms with Crippen LogP contribution in [0.1, 0.15) is 27.2 Å². The topological polar surface area (TPSA) is 46.5 Å². The van der Waals surface area contributed by atoms with Gasteiger partial charge in [-0.15, -0.1) is 0 Å². The van der Waals surface area contributed by atoms with E-state index in [0.29, 0.717) is 0 Å². The van der Waals surface area contributed by atoms with Crippen molar-refractivity contribution in [2.45, 2.75) is 45.1 Å². The molecule has 0 radical (unpaired) electrons. The minimum Gasteiger partial charge on any atom is -0.466 e. The monoisotopic (exact) mass is 322 g/mol. The zero-order chi connectivity index (χ0) is 16.9. The van der Waals surface area contributed by atoms with E-state index >= 15 is 0 Å². The third kappa shape index (κ3) is 2.97. The zero-order valence-corrected chi connectivity index (χ0v) is 11.6. The molecule has 0 heterocycles. The highest BCUT2D eigenvalue weighted by Gasteiger charge is 2.75. The van der Waals surface area contributed by atoms with Crippen LogP contribution >= 0.6 is 0 Å². The lowest BCUT2D eigenvalue weighted by Crippen LogP contribution is -2.57. The van der Waals surface area contributed by atoms with Gasteiger partial charge in [0.05, 0.1) is 12.5 Å². The Morgan fingerprint density at radius 3 is 1.90 bits per heavy atom. The molecule has 1 aliphatic rings. The molecule has 2 atom stereocenters. The largest absolute Gasteiger partial charge is 0.466 e. The Hall–Kier alpha value is -0.990. The van der Waals surface area contributed by atoms with E-state index in [9.17, 15) is 31.1 Å². The maximum Gasteiger partial charge on any atom is 0.426 e. The number of carbonyl (C=O) groups is 1. The number of esters is 1. The summed E-state index contributed by atoms with van der Waals surface area (Å²) in [6, 6.07) is 0. The van der Waals surface area contributed by atoms with E-state index in [0.717, 1.165) is 0 Å². The summed E-state index contributed by atoms with van der Waals surface area (Å²) in [6.07, 6.45) is -13.4. The standard InChI is InChI=1S/C12H16F6O3/c1-4-21-8(19)7-6(9(7,2)3)5-10(20,11(13,14)15)12(16,17)18/h6-7,20H,4-5H2,1-3H3. The Bertz CT molecular complexity index is 398. The fraction of sp³-hybridized carbons (Fsp3) is 0.917. The van der Waals surface area contributed by atoms with Gasteiger partial charge in [-0.3, -0.25) is 4.79 Å². The van der Waals surface area contributed by atoms with Crippen molar-refractivity contribution >= 4 is 5.97 Å². The average molecular weight is 322 g/mol. The molecule has 0 saturated heterocycles. The van der Waals surface area contributed by atoms with E-state index in [4.69, 9.17) is 5.11 Å². The van der Waals surface area contributed by atoms with Crippen LogP contribution in [0.25, 0.3) is 0 Å². The number of aliphatic hydroxyl groups is 1. The van der Waals surface area contributed by atoms with Gasteiger partial charge in [0.15, 0.2) is 0 Å². The molecule has 0 aromatic carbocycles. The Morgan fingerprint density at radius 1 is 1.14 bits per heavy atom. The summed E-state index contributed by atoms with van der Waals surface area (Å²) in [5.74, 6) is -3.20. The molecule has 3 nitrogen and oxygen atoms in total. The number of carbonyl (C=O) groups excluding carboxylic acids is 1. The first kappa shape index (κ1) is 18.1. The highest BCUT2D eigenvalue weighted by Crippen LogP contribution is 2.64. The van der Waals surface area contributed by atoms with Crippen LogP contribution in [0.15, 0.2) is 0 Å². The molecule has 0 aromatic heterocycles. The quantitative estimate of drug-likeness (QED) is 0.639. The molecule has 1 fully saturated rings. The van der Waals surface area contributed by atoms with E-state index < -0.39 is 47.6 Å². The van der Waals surface area contributed by atoms with Crippen molar-refractivity contribution < 1.29 is 41.0 Å². The van der Waals surface area contributed by atoms with Crippen LogP contribution in [-0.4, -0.2) is 35.6 Å². The molecule has 1 saturated carbocycles. The molecule has 0 spiro atoms. The summed E-state index contributed by atoms with van der Waals surface area (Å²) in [5, 5.41) is 9.15. The van der Waals surface area contributed by atoms with Gasteiger partial charge in [-0.05, 0) is 24.7 Å². The molecular weight excluding hydrogens is 306 g/mol. The minimum absolute atomic E-state index is 0.0268. The Balaban J connectivity index is 3.00. The minimum atomic E-state index is -5.87. The Morgan fingerprint density at radius 2 is 1.57 bits per heavy atom. The summed E-state index contributed by atoms with van der Waals surface area (Å²) < 4.78 is 80.4. The van der Waals surface area contributed by atoms with E-state index in [1.165, 1.54) is 20.8 Å². The van der Waals surface area contributed by atoms with Gasteiger partial charge in [0.25, 0.3) is 5.60 Å². The second-order valence-corrected chi connectivity index (χ2v) is 5.72. The highest BCUT2D eigenvalue weighted by molar-refractivity contribution is 5.77. The number of hydrogen-bond donors (Lipinski definition) is 1. The van der Waals surface area contributed by atoms with Crippen LogP contribution < -0.4 is 0 Å². The molecule has 0 bridgehead atoms. The fourth-order valence-corrected chi connectivity index (χ4v) is 2.54. The van der Waals surface area contributed by atoms with Crippen molar-refractivity contribution in [1.82, 2.24) is 0 Å². The van der Waals surface area contributed by atoms with Gasteiger partial charge >= 0.3 is 18.3 Å². The van der Waals surface area contributed by atoms with Crippen LogP contribution in [0.3, 0.4) is 0 Å². The summed E-state index contributed by atoms with van der Waals surface area (Å²) in [7, 11) is 0. The third-order valence-corrected chi connectivity index (χ3v) is 4.04. The molecule has 1 aliphatic carbocycles. The first-order chi connectivity index (χ1) is 9.20. The number of rotatable bonds is 4. The van der Waals surface area contributed by atoms with Crippen LogP contribution in [0.5, 0.6) is 0 Å². The summed E-state index contributed by atoms with van der Waals surface area (Å²) >= 11 is 0. The number of ether oxygens (including phenoxy) is 1. The Labute approximate surface area is 117 Å². The molecule has 1 N–H and O–H groups in total. The summed E-state index contributed by atoms with van der Waals surface area (Å²) in [6.45, 7) is 4.18. The molecule has 1 rings (SSSR count). The van der Waals surface area contributed by atoms with Gasteiger partial charge in [-0.2, -0.15) is 26.3 Å². The number of halogens is 6. The van der Waals surface area contributed by atoms with Crippen molar-refractivity contribution in [3.63, 3.8) is 0 Å². The van der Waals surface area contributed by atoms with Crippen LogP contribution in [0.4, 0.5) is 26.3 Å². The van der Waals surface area contributed by atoms with Gasteiger partial charge in [0.1, 0.15) is 0 Å². The SMILES string of the molecule is CCOC(=O)C1C(CC(O)(C(F)(F)F)C(F)(F)F)C1(C)C. The predicted molar refractivity (Wildman–Crippen MR) is 59.1 cm³/mol. The summed E-state index contributed by atoms with van der Waals surface area (Å²) in [5.41, 5.74) is -5.92. The molecule has 124 valence electrons. The number of alkyl halides is 6. The van der Waals surface area contributed by atoms with Gasteiger partial charge in [-0.1, -0.05) is 13.8 Å². The highest BCUT2D eigenvalue weighted by atomic mass is 19.4. The lowest BCUT2D eigenvalue weighted by atomic mass is 9.92. The molecular formula is C12H16F6O3. The second-order valence-electron chi connectivity index (χ2n) is 5.72. The normalized spacial score (nSPS) is 25.6. The van der Waals surface area contributed by atoms with E-state index in [-0.39, 0.29) is 6.61 Å². The van der Waals surface area contributed by atoms with Crippen molar-refractivity contribution in [1.29, 1.82) is 0 Å². The maximum atomic E-state index is 12.6. The van der Waals surface area contributed by atoms with Gasteiger partial charge in [0.2, 0.25) is 0 Å². The van der Waals surface area contributed by atoms with Gasteiger partial charge in [0, 0.05) is 0 Å². The van der Waals surface area contributed by atoms with E-state index in [1.807, 2.05) is 0 Å². The van der Waals surface area contributed by atoms with E-state index in [1.54, 1.807) is 0 Å².